The predicted molar refractivity (Wildman–Crippen MR) is 88.9 cm³/mol. The van der Waals surface area contributed by atoms with Crippen LogP contribution in [0.15, 0.2) is 45.0 Å². The van der Waals surface area contributed by atoms with Crippen LogP contribution in [-0.2, 0) is 13.6 Å². The zero-order chi connectivity index (χ0) is 16.4. The number of aromatic nitrogens is 4. The second kappa shape index (κ2) is 5.91. The summed E-state index contributed by atoms with van der Waals surface area (Å²) in [6.07, 6.45) is 1.66. The first-order valence-corrected chi connectivity index (χ1v) is 7.15. The molecule has 0 unspecified atom stereocenters. The van der Waals surface area contributed by atoms with Gasteiger partial charge in [-0.3, -0.25) is 14.3 Å². The van der Waals surface area contributed by atoms with Crippen LogP contribution in [0.1, 0.15) is 12.5 Å². The van der Waals surface area contributed by atoms with Crippen molar-refractivity contribution >= 4 is 23.3 Å². The Morgan fingerprint density at radius 3 is 2.74 bits per heavy atom. The summed E-state index contributed by atoms with van der Waals surface area (Å²) >= 11 is 0. The van der Waals surface area contributed by atoms with Gasteiger partial charge >= 0.3 is 5.69 Å². The van der Waals surface area contributed by atoms with Gasteiger partial charge in [0.2, 0.25) is 5.95 Å². The maximum Gasteiger partial charge on any atom is 0.329 e. The summed E-state index contributed by atoms with van der Waals surface area (Å²) in [5, 5.41) is 4.14. The third-order valence-electron chi connectivity index (χ3n) is 3.50. The number of nitrogens with one attached hydrogen (secondary N) is 2. The number of hydrogen-bond acceptors (Lipinski definition) is 5. The minimum Gasteiger partial charge on any atom is -0.303 e. The molecule has 23 heavy (non-hydrogen) atoms. The molecule has 0 saturated carbocycles. The van der Waals surface area contributed by atoms with Gasteiger partial charge in [0.1, 0.15) is 0 Å². The Kier molecular flexibility index (Phi) is 3.80. The van der Waals surface area contributed by atoms with Gasteiger partial charge in [-0.15, -0.1) is 0 Å². The molecule has 0 spiro atoms. The number of rotatable bonds is 4. The van der Waals surface area contributed by atoms with Gasteiger partial charge in [-0.2, -0.15) is 10.1 Å². The van der Waals surface area contributed by atoms with Crippen molar-refractivity contribution in [2.24, 2.45) is 12.1 Å². The van der Waals surface area contributed by atoms with Gasteiger partial charge in [0.05, 0.1) is 6.21 Å². The molecule has 0 saturated heterocycles. The standard InChI is InChI=1S/C15H16N6O2/c1-3-21-11-12(20(2)15(23)18-13(11)22)17-14(21)19-16-9-10-7-5-4-6-8-10/h4-9H,3H2,1-2H3,(H,17,19)(H,18,22,23)/b16-9+. The summed E-state index contributed by atoms with van der Waals surface area (Å²) in [5.41, 5.74) is 3.46. The van der Waals surface area contributed by atoms with Gasteiger partial charge in [0.25, 0.3) is 5.56 Å². The van der Waals surface area contributed by atoms with Crippen molar-refractivity contribution in [2.75, 3.05) is 5.43 Å². The van der Waals surface area contributed by atoms with Gasteiger partial charge in [0, 0.05) is 13.6 Å². The first-order valence-electron chi connectivity index (χ1n) is 7.15. The highest BCUT2D eigenvalue weighted by molar-refractivity contribution is 5.80. The van der Waals surface area contributed by atoms with Gasteiger partial charge in [-0.05, 0) is 12.5 Å². The van der Waals surface area contributed by atoms with Crippen molar-refractivity contribution in [3.05, 3.63) is 56.7 Å². The Morgan fingerprint density at radius 2 is 2.04 bits per heavy atom. The number of nitrogens with zero attached hydrogens (tertiary/aromatic N) is 4. The highest BCUT2D eigenvalue weighted by Crippen LogP contribution is 2.14. The van der Waals surface area contributed by atoms with E-state index in [1.165, 1.54) is 4.57 Å². The fourth-order valence-electron chi connectivity index (χ4n) is 2.33. The zero-order valence-electron chi connectivity index (χ0n) is 12.8. The highest BCUT2D eigenvalue weighted by Gasteiger charge is 2.15. The quantitative estimate of drug-likeness (QED) is 0.552. The Balaban J connectivity index is 2.03. The molecule has 0 aliphatic carbocycles. The molecular weight excluding hydrogens is 296 g/mol. The molecule has 2 heterocycles. The number of aryl methyl sites for hydroxylation is 2. The van der Waals surface area contributed by atoms with E-state index in [0.29, 0.717) is 23.7 Å². The minimum absolute atomic E-state index is 0.318. The first kappa shape index (κ1) is 14.8. The van der Waals surface area contributed by atoms with Crippen molar-refractivity contribution in [3.63, 3.8) is 0 Å². The van der Waals surface area contributed by atoms with Crippen molar-refractivity contribution in [2.45, 2.75) is 13.5 Å². The molecule has 0 aliphatic rings. The lowest BCUT2D eigenvalue weighted by atomic mass is 10.2. The summed E-state index contributed by atoms with van der Waals surface area (Å²) in [6, 6.07) is 9.59. The summed E-state index contributed by atoms with van der Waals surface area (Å²) in [5.74, 6) is 0.404. The van der Waals surface area contributed by atoms with Crippen LogP contribution < -0.4 is 16.7 Å². The molecule has 1 aromatic carbocycles. The van der Waals surface area contributed by atoms with Crippen molar-refractivity contribution < 1.29 is 0 Å². The molecule has 8 heteroatoms. The molecule has 2 aromatic heterocycles. The molecule has 118 valence electrons. The van der Waals surface area contributed by atoms with Gasteiger partial charge in [0.15, 0.2) is 11.2 Å². The van der Waals surface area contributed by atoms with E-state index in [-0.39, 0.29) is 0 Å². The topological polar surface area (TPSA) is 97.1 Å². The van der Waals surface area contributed by atoms with Gasteiger partial charge in [-0.25, -0.2) is 10.2 Å². The maximum atomic E-state index is 12.0. The molecule has 3 rings (SSSR count). The largest absolute Gasteiger partial charge is 0.329 e. The summed E-state index contributed by atoms with van der Waals surface area (Å²) < 4.78 is 2.98. The molecule has 0 amide bonds. The van der Waals surface area contributed by atoms with Crippen LogP contribution >= 0.6 is 0 Å². The number of benzene rings is 1. The van der Waals surface area contributed by atoms with E-state index in [0.717, 1.165) is 5.56 Å². The van der Waals surface area contributed by atoms with Crippen LogP contribution in [0.25, 0.3) is 11.2 Å². The minimum atomic E-state index is -0.498. The molecule has 0 radical (unpaired) electrons. The molecule has 0 fully saturated rings. The third kappa shape index (κ3) is 2.66. The van der Waals surface area contributed by atoms with E-state index in [9.17, 15) is 9.59 Å². The molecule has 0 bridgehead atoms. The van der Waals surface area contributed by atoms with Crippen LogP contribution in [0, 0.1) is 0 Å². The number of fused-ring (bicyclic) bond motifs is 1. The van der Waals surface area contributed by atoms with Crippen LogP contribution in [0.4, 0.5) is 5.95 Å². The zero-order valence-corrected chi connectivity index (χ0v) is 12.8. The molecule has 0 atom stereocenters. The maximum absolute atomic E-state index is 12.0. The number of hydrogen-bond donors (Lipinski definition) is 2. The SMILES string of the molecule is CCn1c(N/N=C/c2ccccc2)nc2c1c(=O)[nH]c(=O)n2C. The second-order valence-electron chi connectivity index (χ2n) is 4.95. The first-order chi connectivity index (χ1) is 11.1. The number of aromatic amines is 1. The van der Waals surface area contributed by atoms with E-state index >= 15 is 0 Å². The molecule has 0 aliphatic heterocycles. The molecular formula is C15H16N6O2. The average Bonchev–Trinajstić information content (AvgIpc) is 2.93. The molecule has 2 N–H and O–H groups in total. The average molecular weight is 312 g/mol. The van der Waals surface area contributed by atoms with E-state index in [1.807, 2.05) is 37.3 Å². The fraction of sp³-hybridized carbons (Fsp3) is 0.200. The monoisotopic (exact) mass is 312 g/mol. The van der Waals surface area contributed by atoms with Crippen LogP contribution in [0.3, 0.4) is 0 Å². The lowest BCUT2D eigenvalue weighted by Crippen LogP contribution is -2.29. The number of H-pyrrole nitrogens is 1. The van der Waals surface area contributed by atoms with Crippen LogP contribution in [0.2, 0.25) is 0 Å². The number of hydrazone groups is 1. The van der Waals surface area contributed by atoms with E-state index in [2.05, 4.69) is 20.5 Å². The second-order valence-corrected chi connectivity index (χ2v) is 4.95. The Labute approximate surface area is 131 Å². The van der Waals surface area contributed by atoms with Gasteiger partial charge in [-0.1, -0.05) is 30.3 Å². The summed E-state index contributed by atoms with van der Waals surface area (Å²) in [7, 11) is 1.56. The van der Waals surface area contributed by atoms with Crippen LogP contribution in [-0.4, -0.2) is 25.3 Å². The molecule has 3 aromatic rings. The lowest BCUT2D eigenvalue weighted by Gasteiger charge is -2.03. The third-order valence-corrected chi connectivity index (χ3v) is 3.50. The Hall–Kier alpha value is -3.16. The van der Waals surface area contributed by atoms with E-state index in [1.54, 1.807) is 17.8 Å². The van der Waals surface area contributed by atoms with Gasteiger partial charge < -0.3 is 4.57 Å². The van der Waals surface area contributed by atoms with Crippen molar-refractivity contribution in [1.82, 2.24) is 19.1 Å². The fourth-order valence-corrected chi connectivity index (χ4v) is 2.33. The number of anilines is 1. The lowest BCUT2D eigenvalue weighted by molar-refractivity contribution is 0.781. The Morgan fingerprint density at radius 1 is 1.30 bits per heavy atom. The summed E-state index contributed by atoms with van der Waals surface area (Å²) in [6.45, 7) is 2.40. The normalized spacial score (nSPS) is 11.4. The smallest absolute Gasteiger partial charge is 0.303 e. The van der Waals surface area contributed by atoms with E-state index < -0.39 is 11.2 Å². The van der Waals surface area contributed by atoms with Crippen LogP contribution in [0.5, 0.6) is 0 Å². The molecule has 8 nitrogen and oxygen atoms in total. The Bertz CT molecular complexity index is 981. The predicted octanol–water partition coefficient (Wildman–Crippen LogP) is 0.889. The van der Waals surface area contributed by atoms with E-state index in [4.69, 9.17) is 0 Å². The number of imidazole rings is 1. The van der Waals surface area contributed by atoms with Crippen molar-refractivity contribution in [3.8, 4) is 0 Å². The van der Waals surface area contributed by atoms with Crippen molar-refractivity contribution in [1.29, 1.82) is 0 Å². The summed E-state index contributed by atoms with van der Waals surface area (Å²) in [4.78, 5) is 30.3. The highest BCUT2D eigenvalue weighted by atomic mass is 16.2.